The van der Waals surface area contributed by atoms with Gasteiger partial charge in [0.15, 0.2) is 0 Å². The number of carbonyl (C=O) groups is 2. The monoisotopic (exact) mass is 518 g/mol. The second-order valence-electron chi connectivity index (χ2n) is 8.57. The number of methoxy groups -OCH3 is 1. The van der Waals surface area contributed by atoms with E-state index < -0.39 is 17.1 Å². The third-order valence-electron chi connectivity index (χ3n) is 6.18. The summed E-state index contributed by atoms with van der Waals surface area (Å²) in [7, 11) is 1.57. The number of nitrogens with zero attached hydrogens (tertiary/aromatic N) is 1. The van der Waals surface area contributed by atoms with Crippen molar-refractivity contribution in [2.24, 2.45) is 10.6 Å². The Morgan fingerprint density at radius 2 is 1.57 bits per heavy atom. The molecule has 0 aliphatic heterocycles. The number of hydrogen-bond donors (Lipinski definition) is 3. The maximum atomic E-state index is 13.1. The third kappa shape index (κ3) is 5.07. The normalized spacial score (nSPS) is 13.6. The van der Waals surface area contributed by atoms with Gasteiger partial charge in [-0.3, -0.25) is 19.7 Å². The van der Waals surface area contributed by atoms with Crippen molar-refractivity contribution in [3.05, 3.63) is 78.7 Å². The number of amides is 2. The molecule has 1 heterocycles. The summed E-state index contributed by atoms with van der Waals surface area (Å²) in [5.74, 6) is 0.576. The standard InChI is InChI=1S/C27H23FN4O4S/c1-35-23-15-21-20(14-24(23)37-29)22(10-13-30-21)36-19-8-6-18(7-9-19)32-26(34)27(11-12-27)25(33)31-17-4-2-16(28)3-5-17/h2-10,13-15H,11-12,29H2,1H3,(H,31,33)(H,32,34). The molecule has 4 N–H and O–H groups in total. The van der Waals surface area contributed by atoms with E-state index in [-0.39, 0.29) is 5.91 Å². The predicted octanol–water partition coefficient (Wildman–Crippen LogP) is 5.50. The minimum atomic E-state index is -1.14. The molecule has 0 spiro atoms. The molecule has 8 nitrogen and oxygen atoms in total. The SMILES string of the molecule is COc1cc2nccc(Oc3ccc(NC(=O)C4(C(=O)Nc5ccc(F)cc5)CC4)cc3)c2cc1SN. The van der Waals surface area contributed by atoms with Crippen LogP contribution in [0, 0.1) is 11.2 Å². The molecule has 1 aliphatic rings. The van der Waals surface area contributed by atoms with Crippen molar-refractivity contribution < 1.29 is 23.5 Å². The first-order valence-electron chi connectivity index (χ1n) is 11.4. The van der Waals surface area contributed by atoms with Gasteiger partial charge in [0, 0.05) is 29.0 Å². The molecule has 1 saturated carbocycles. The highest BCUT2D eigenvalue weighted by Crippen LogP contribution is 2.47. The maximum absolute atomic E-state index is 13.1. The summed E-state index contributed by atoms with van der Waals surface area (Å²) in [6, 6.07) is 17.7. The van der Waals surface area contributed by atoms with Crippen LogP contribution in [0.2, 0.25) is 0 Å². The van der Waals surface area contributed by atoms with Crippen LogP contribution < -0.4 is 25.2 Å². The lowest BCUT2D eigenvalue weighted by molar-refractivity contribution is -0.131. The van der Waals surface area contributed by atoms with Gasteiger partial charge in [-0.25, -0.2) is 4.39 Å². The zero-order chi connectivity index (χ0) is 26.0. The van der Waals surface area contributed by atoms with E-state index >= 15 is 0 Å². The highest BCUT2D eigenvalue weighted by atomic mass is 32.2. The summed E-state index contributed by atoms with van der Waals surface area (Å²) in [4.78, 5) is 30.8. The molecule has 3 aromatic carbocycles. The maximum Gasteiger partial charge on any atom is 0.240 e. The van der Waals surface area contributed by atoms with Crippen LogP contribution >= 0.6 is 11.9 Å². The second-order valence-corrected chi connectivity index (χ2v) is 9.25. The van der Waals surface area contributed by atoms with Crippen LogP contribution in [0.15, 0.2) is 77.8 Å². The number of pyridine rings is 1. The number of aromatic nitrogens is 1. The van der Waals surface area contributed by atoms with E-state index in [1.54, 1.807) is 49.7 Å². The van der Waals surface area contributed by atoms with Gasteiger partial charge < -0.3 is 20.1 Å². The summed E-state index contributed by atoms with van der Waals surface area (Å²) >= 11 is 1.08. The van der Waals surface area contributed by atoms with Crippen molar-refractivity contribution in [1.82, 2.24) is 4.98 Å². The predicted molar refractivity (Wildman–Crippen MR) is 140 cm³/mol. The molecule has 0 radical (unpaired) electrons. The number of anilines is 2. The van der Waals surface area contributed by atoms with E-state index in [9.17, 15) is 14.0 Å². The average molecular weight is 519 g/mol. The Bertz CT molecular complexity index is 1470. The second kappa shape index (κ2) is 10.1. The first kappa shape index (κ1) is 24.5. The Balaban J connectivity index is 1.27. The number of carbonyl (C=O) groups excluding carboxylic acids is 2. The van der Waals surface area contributed by atoms with Crippen molar-refractivity contribution in [2.75, 3.05) is 17.7 Å². The van der Waals surface area contributed by atoms with Crippen molar-refractivity contribution in [3.63, 3.8) is 0 Å². The fourth-order valence-electron chi connectivity index (χ4n) is 3.92. The number of hydrogen-bond acceptors (Lipinski definition) is 7. The fraction of sp³-hybridized carbons (Fsp3) is 0.148. The first-order valence-corrected chi connectivity index (χ1v) is 12.3. The van der Waals surface area contributed by atoms with Crippen LogP contribution in [0.3, 0.4) is 0 Å². The minimum Gasteiger partial charge on any atom is -0.495 e. The molecule has 0 unspecified atom stereocenters. The van der Waals surface area contributed by atoms with E-state index in [1.165, 1.54) is 24.3 Å². The van der Waals surface area contributed by atoms with E-state index in [1.807, 2.05) is 6.07 Å². The van der Waals surface area contributed by atoms with Gasteiger partial charge in [0.05, 0.1) is 17.5 Å². The number of nitrogens with two attached hydrogens (primary N) is 1. The van der Waals surface area contributed by atoms with Crippen LogP contribution in [0.1, 0.15) is 12.8 Å². The Morgan fingerprint density at radius 3 is 2.14 bits per heavy atom. The van der Waals surface area contributed by atoms with Gasteiger partial charge in [0.1, 0.15) is 28.5 Å². The molecule has 1 aromatic heterocycles. The zero-order valence-corrected chi connectivity index (χ0v) is 20.6. The summed E-state index contributed by atoms with van der Waals surface area (Å²) in [5.41, 5.74) is 0.527. The molecule has 37 heavy (non-hydrogen) atoms. The van der Waals surface area contributed by atoms with Gasteiger partial charge in [-0.05, 0) is 85.5 Å². The molecule has 1 fully saturated rings. The number of ether oxygens (including phenoxy) is 2. The van der Waals surface area contributed by atoms with Gasteiger partial charge >= 0.3 is 0 Å². The number of halogens is 1. The zero-order valence-electron chi connectivity index (χ0n) is 19.8. The highest BCUT2D eigenvalue weighted by Gasteiger charge is 2.56. The average Bonchev–Trinajstić information content (AvgIpc) is 3.73. The van der Waals surface area contributed by atoms with Gasteiger partial charge in [-0.15, -0.1) is 0 Å². The molecule has 0 atom stereocenters. The molecule has 1 aliphatic carbocycles. The quantitative estimate of drug-likeness (QED) is 0.208. The van der Waals surface area contributed by atoms with Crippen LogP contribution in [0.5, 0.6) is 17.2 Å². The summed E-state index contributed by atoms with van der Waals surface area (Å²) in [5, 5.41) is 12.1. The van der Waals surface area contributed by atoms with Crippen molar-refractivity contribution in [2.45, 2.75) is 17.7 Å². The Hall–Kier alpha value is -4.15. The Kier molecular flexibility index (Phi) is 6.68. The molecular formula is C27H23FN4O4S. The van der Waals surface area contributed by atoms with Gasteiger partial charge in [-0.1, -0.05) is 0 Å². The highest BCUT2D eigenvalue weighted by molar-refractivity contribution is 7.97. The van der Waals surface area contributed by atoms with E-state index in [0.717, 1.165) is 22.2 Å². The van der Waals surface area contributed by atoms with E-state index in [0.29, 0.717) is 47.0 Å². The molecule has 10 heteroatoms. The van der Waals surface area contributed by atoms with E-state index in [4.69, 9.17) is 14.6 Å². The van der Waals surface area contributed by atoms with Crippen molar-refractivity contribution >= 4 is 46.0 Å². The molecule has 0 bridgehead atoms. The van der Waals surface area contributed by atoms with Gasteiger partial charge in [0.2, 0.25) is 11.8 Å². The fourth-order valence-corrected chi connectivity index (χ4v) is 4.36. The lowest BCUT2D eigenvalue weighted by Crippen LogP contribution is -2.35. The molecule has 2 amide bonds. The number of benzene rings is 3. The molecule has 0 saturated heterocycles. The topological polar surface area (TPSA) is 116 Å². The number of nitrogens with one attached hydrogen (secondary N) is 2. The molecular weight excluding hydrogens is 495 g/mol. The van der Waals surface area contributed by atoms with Crippen LogP contribution in [0.25, 0.3) is 10.9 Å². The van der Waals surface area contributed by atoms with Crippen LogP contribution in [0.4, 0.5) is 15.8 Å². The summed E-state index contributed by atoms with van der Waals surface area (Å²) in [6.45, 7) is 0. The lowest BCUT2D eigenvalue weighted by atomic mass is 10.0. The lowest BCUT2D eigenvalue weighted by Gasteiger charge is -2.16. The van der Waals surface area contributed by atoms with Crippen molar-refractivity contribution in [3.8, 4) is 17.2 Å². The molecule has 4 aromatic rings. The first-order chi connectivity index (χ1) is 17.9. The largest absolute Gasteiger partial charge is 0.495 e. The summed E-state index contributed by atoms with van der Waals surface area (Å²) < 4.78 is 24.6. The Morgan fingerprint density at radius 1 is 0.946 bits per heavy atom. The van der Waals surface area contributed by atoms with Crippen LogP contribution in [-0.4, -0.2) is 23.9 Å². The number of fused-ring (bicyclic) bond motifs is 1. The minimum absolute atomic E-state index is 0.387. The van der Waals surface area contributed by atoms with E-state index in [2.05, 4.69) is 15.6 Å². The summed E-state index contributed by atoms with van der Waals surface area (Å²) in [6.07, 6.45) is 2.53. The molecule has 5 rings (SSSR count). The van der Waals surface area contributed by atoms with Gasteiger partial charge in [-0.2, -0.15) is 0 Å². The Labute approximate surface area is 216 Å². The van der Waals surface area contributed by atoms with Crippen LogP contribution in [-0.2, 0) is 9.59 Å². The number of rotatable bonds is 8. The smallest absolute Gasteiger partial charge is 0.240 e. The third-order valence-corrected chi connectivity index (χ3v) is 6.75. The molecule has 188 valence electrons. The van der Waals surface area contributed by atoms with Crippen molar-refractivity contribution in [1.29, 1.82) is 0 Å². The van der Waals surface area contributed by atoms with Gasteiger partial charge in [0.25, 0.3) is 0 Å².